The van der Waals surface area contributed by atoms with Gasteiger partial charge in [-0.25, -0.2) is 0 Å². The number of carbonyl (C=O) groups excluding carboxylic acids is 2. The smallest absolute Gasteiger partial charge is 0.249 e. The largest absolute Gasteiger partial charge is 0.364 e. The van der Waals surface area contributed by atoms with E-state index in [1.165, 1.54) is 0 Å². The van der Waals surface area contributed by atoms with Gasteiger partial charge in [-0.05, 0) is 38.3 Å². The van der Waals surface area contributed by atoms with Crippen molar-refractivity contribution in [2.45, 2.75) is 50.5 Å². The van der Waals surface area contributed by atoms with E-state index in [-0.39, 0.29) is 24.0 Å². The lowest BCUT2D eigenvalue weighted by molar-refractivity contribution is -0.134. The maximum Gasteiger partial charge on any atom is 0.249 e. The molecule has 2 aliphatic heterocycles. The van der Waals surface area contributed by atoms with E-state index in [9.17, 15) is 9.59 Å². The third kappa shape index (κ3) is 3.23. The zero-order valence-corrected chi connectivity index (χ0v) is 13.3. The third-order valence-corrected chi connectivity index (χ3v) is 4.57. The Labute approximate surface area is 136 Å². The highest BCUT2D eigenvalue weighted by Gasteiger charge is 2.40. The Morgan fingerprint density at radius 1 is 1.35 bits per heavy atom. The second kappa shape index (κ2) is 6.68. The number of benzene rings is 1. The van der Waals surface area contributed by atoms with Crippen LogP contribution in [0.4, 0.5) is 5.69 Å². The summed E-state index contributed by atoms with van der Waals surface area (Å²) in [6.45, 7) is 2.42. The van der Waals surface area contributed by atoms with Crippen molar-refractivity contribution in [1.82, 2.24) is 5.32 Å². The van der Waals surface area contributed by atoms with Crippen molar-refractivity contribution in [2.24, 2.45) is 5.73 Å². The highest BCUT2D eigenvalue weighted by molar-refractivity contribution is 6.02. The lowest BCUT2D eigenvalue weighted by Gasteiger charge is -2.21. The minimum absolute atomic E-state index is 0.0511. The molecule has 1 aromatic rings. The van der Waals surface area contributed by atoms with Crippen LogP contribution in [0.5, 0.6) is 0 Å². The number of amides is 2. The summed E-state index contributed by atoms with van der Waals surface area (Å²) in [7, 11) is 0. The Kier molecular flexibility index (Phi) is 4.63. The van der Waals surface area contributed by atoms with E-state index in [1.54, 1.807) is 4.90 Å². The molecule has 1 aromatic carbocycles. The average Bonchev–Trinajstić information content (AvgIpc) is 3.14. The van der Waals surface area contributed by atoms with Crippen molar-refractivity contribution in [3.63, 3.8) is 0 Å². The molecule has 2 saturated heterocycles. The molecule has 4 atom stereocenters. The second-order valence-corrected chi connectivity index (χ2v) is 6.25. The fourth-order valence-electron chi connectivity index (χ4n) is 3.36. The zero-order chi connectivity index (χ0) is 16.4. The van der Waals surface area contributed by atoms with Crippen LogP contribution in [-0.4, -0.2) is 42.7 Å². The number of anilines is 1. The van der Waals surface area contributed by atoms with Crippen molar-refractivity contribution >= 4 is 17.5 Å². The molecule has 0 aliphatic carbocycles. The van der Waals surface area contributed by atoms with E-state index in [0.29, 0.717) is 19.4 Å². The van der Waals surface area contributed by atoms with Gasteiger partial charge in [0.2, 0.25) is 11.8 Å². The molecule has 0 spiro atoms. The van der Waals surface area contributed by atoms with Gasteiger partial charge < -0.3 is 20.7 Å². The first-order valence-corrected chi connectivity index (χ1v) is 8.14. The van der Waals surface area contributed by atoms with Gasteiger partial charge in [-0.15, -0.1) is 0 Å². The molecular formula is C17H23N3O3. The molecule has 2 unspecified atom stereocenters. The zero-order valence-electron chi connectivity index (χ0n) is 13.3. The van der Waals surface area contributed by atoms with Gasteiger partial charge in [-0.3, -0.25) is 9.59 Å². The standard InChI is InChI=1S/C17H23N3O3/c1-11-9-14(17(22)20(11)12-5-3-2-4-6-12)19-16(21)15-8-7-13(10-18)23-15/h2-6,11,13-15H,7-10,18H2,1H3,(H,19,21)/t11?,13-,14?,15+/m1/s1. The SMILES string of the molecule is CC1CC(NC(=O)[C@@H]2CC[C@H](CN)O2)C(=O)N1c1ccccc1. The molecule has 0 bridgehead atoms. The summed E-state index contributed by atoms with van der Waals surface area (Å²) in [4.78, 5) is 26.7. The van der Waals surface area contributed by atoms with Gasteiger partial charge >= 0.3 is 0 Å². The Morgan fingerprint density at radius 3 is 2.74 bits per heavy atom. The van der Waals surface area contributed by atoms with Crippen LogP contribution in [0.1, 0.15) is 26.2 Å². The van der Waals surface area contributed by atoms with Gasteiger partial charge in [0, 0.05) is 18.3 Å². The average molecular weight is 317 g/mol. The van der Waals surface area contributed by atoms with E-state index in [1.807, 2.05) is 37.3 Å². The molecule has 6 heteroatoms. The van der Waals surface area contributed by atoms with Crippen LogP contribution in [0.2, 0.25) is 0 Å². The fraction of sp³-hybridized carbons (Fsp3) is 0.529. The Hall–Kier alpha value is -1.92. The Bertz CT molecular complexity index is 578. The molecule has 0 radical (unpaired) electrons. The third-order valence-electron chi connectivity index (χ3n) is 4.57. The highest BCUT2D eigenvalue weighted by Crippen LogP contribution is 2.27. The van der Waals surface area contributed by atoms with Gasteiger partial charge in [-0.1, -0.05) is 18.2 Å². The van der Waals surface area contributed by atoms with E-state index >= 15 is 0 Å². The lowest BCUT2D eigenvalue weighted by Crippen LogP contribution is -2.46. The molecule has 2 amide bonds. The number of nitrogens with zero attached hydrogens (tertiary/aromatic N) is 1. The number of nitrogens with two attached hydrogens (primary N) is 1. The fourth-order valence-corrected chi connectivity index (χ4v) is 3.36. The van der Waals surface area contributed by atoms with Crippen LogP contribution in [0.15, 0.2) is 30.3 Å². The first-order chi connectivity index (χ1) is 11.1. The first kappa shape index (κ1) is 16.0. The normalized spacial score (nSPS) is 30.7. The van der Waals surface area contributed by atoms with Crippen LogP contribution in [0.3, 0.4) is 0 Å². The molecule has 3 N–H and O–H groups in total. The topological polar surface area (TPSA) is 84.7 Å². The molecule has 6 nitrogen and oxygen atoms in total. The number of nitrogens with one attached hydrogen (secondary N) is 1. The minimum Gasteiger partial charge on any atom is -0.364 e. The number of carbonyl (C=O) groups is 2. The Balaban J connectivity index is 1.64. The predicted octanol–water partition coefficient (Wildman–Crippen LogP) is 0.803. The minimum atomic E-state index is -0.488. The van der Waals surface area contributed by atoms with Crippen molar-refractivity contribution in [3.8, 4) is 0 Å². The maximum atomic E-state index is 12.6. The summed E-state index contributed by atoms with van der Waals surface area (Å²) >= 11 is 0. The summed E-state index contributed by atoms with van der Waals surface area (Å²) in [6.07, 6.45) is 1.51. The van der Waals surface area contributed by atoms with Crippen molar-refractivity contribution in [3.05, 3.63) is 30.3 Å². The van der Waals surface area contributed by atoms with Crippen LogP contribution in [0, 0.1) is 0 Å². The first-order valence-electron chi connectivity index (χ1n) is 8.14. The molecule has 3 rings (SSSR count). The quantitative estimate of drug-likeness (QED) is 0.860. The van der Waals surface area contributed by atoms with Gasteiger partial charge in [0.05, 0.1) is 6.10 Å². The van der Waals surface area contributed by atoms with Crippen LogP contribution in [-0.2, 0) is 14.3 Å². The van der Waals surface area contributed by atoms with Gasteiger partial charge in [0.25, 0.3) is 0 Å². The summed E-state index contributed by atoms with van der Waals surface area (Å²) in [5.41, 5.74) is 6.43. The maximum absolute atomic E-state index is 12.6. The van der Waals surface area contributed by atoms with E-state index in [0.717, 1.165) is 12.1 Å². The summed E-state index contributed by atoms with van der Waals surface area (Å²) in [5.74, 6) is -0.271. The lowest BCUT2D eigenvalue weighted by atomic mass is 10.1. The molecular weight excluding hydrogens is 294 g/mol. The summed E-state index contributed by atoms with van der Waals surface area (Å²) in [6, 6.07) is 9.10. The number of rotatable bonds is 4. The molecule has 0 saturated carbocycles. The molecule has 0 aromatic heterocycles. The number of ether oxygens (including phenoxy) is 1. The molecule has 124 valence electrons. The van der Waals surface area contributed by atoms with Crippen molar-refractivity contribution < 1.29 is 14.3 Å². The van der Waals surface area contributed by atoms with Crippen molar-refractivity contribution in [1.29, 1.82) is 0 Å². The summed E-state index contributed by atoms with van der Waals surface area (Å²) in [5, 5.41) is 2.85. The van der Waals surface area contributed by atoms with Gasteiger partial charge in [0.1, 0.15) is 12.1 Å². The number of hydrogen-bond acceptors (Lipinski definition) is 4. The van der Waals surface area contributed by atoms with E-state index < -0.39 is 12.1 Å². The van der Waals surface area contributed by atoms with Crippen LogP contribution in [0.25, 0.3) is 0 Å². The number of para-hydroxylation sites is 1. The van der Waals surface area contributed by atoms with Crippen molar-refractivity contribution in [2.75, 3.05) is 11.4 Å². The Morgan fingerprint density at radius 2 is 2.09 bits per heavy atom. The van der Waals surface area contributed by atoms with Crippen LogP contribution < -0.4 is 16.0 Å². The molecule has 2 heterocycles. The second-order valence-electron chi connectivity index (χ2n) is 6.25. The van der Waals surface area contributed by atoms with Gasteiger partial charge in [0.15, 0.2) is 0 Å². The van der Waals surface area contributed by atoms with Gasteiger partial charge in [-0.2, -0.15) is 0 Å². The van der Waals surface area contributed by atoms with Crippen LogP contribution >= 0.6 is 0 Å². The number of hydrogen-bond donors (Lipinski definition) is 2. The molecule has 2 fully saturated rings. The molecule has 2 aliphatic rings. The monoisotopic (exact) mass is 317 g/mol. The van der Waals surface area contributed by atoms with E-state index in [4.69, 9.17) is 10.5 Å². The molecule has 23 heavy (non-hydrogen) atoms. The highest BCUT2D eigenvalue weighted by atomic mass is 16.5. The summed E-state index contributed by atoms with van der Waals surface area (Å²) < 4.78 is 5.59. The van der Waals surface area contributed by atoms with E-state index in [2.05, 4.69) is 5.32 Å². The predicted molar refractivity (Wildman–Crippen MR) is 86.9 cm³/mol.